The molecular weight excluding hydrogens is 255 g/mol. The maximum absolute atomic E-state index is 12.8. The Labute approximate surface area is 105 Å². The van der Waals surface area contributed by atoms with Crippen molar-refractivity contribution in [1.82, 2.24) is 9.78 Å². The van der Waals surface area contributed by atoms with Gasteiger partial charge in [-0.3, -0.25) is 4.68 Å². The molecule has 1 aromatic heterocycles. The second-order valence-corrected chi connectivity index (χ2v) is 6.36. The highest BCUT2D eigenvalue weighted by atomic mass is 32.2. The predicted octanol–water partition coefficient (Wildman–Crippen LogP) is 1.73. The van der Waals surface area contributed by atoms with E-state index < -0.39 is 9.84 Å². The summed E-state index contributed by atoms with van der Waals surface area (Å²) in [6, 6.07) is 7.78. The minimum Gasteiger partial charge on any atom is -0.271 e. The summed E-state index contributed by atoms with van der Waals surface area (Å²) in [5.74, 6) is -0.243. The van der Waals surface area contributed by atoms with Crippen molar-refractivity contribution in [1.29, 1.82) is 0 Å². The lowest BCUT2D eigenvalue weighted by Gasteiger charge is -2.00. The van der Waals surface area contributed by atoms with Gasteiger partial charge in [-0.2, -0.15) is 5.10 Å². The Kier molecular flexibility index (Phi) is 3.47. The highest BCUT2D eigenvalue weighted by Gasteiger charge is 2.05. The summed E-state index contributed by atoms with van der Waals surface area (Å²) in [4.78, 5) is 0. The molecule has 0 aliphatic carbocycles. The number of nitrogens with zero attached hydrogens (tertiary/aromatic N) is 2. The second-order valence-electron chi connectivity index (χ2n) is 4.10. The van der Waals surface area contributed by atoms with Crippen LogP contribution in [0.4, 0.5) is 4.39 Å². The first-order chi connectivity index (χ1) is 8.44. The van der Waals surface area contributed by atoms with E-state index in [1.165, 1.54) is 18.4 Å². The molecule has 18 heavy (non-hydrogen) atoms. The first-order valence-corrected chi connectivity index (χ1v) is 7.47. The van der Waals surface area contributed by atoms with Crippen LogP contribution in [0.1, 0.15) is 0 Å². The molecule has 0 amide bonds. The molecule has 0 spiro atoms. The summed E-state index contributed by atoms with van der Waals surface area (Å²) in [6.45, 7) is 0.319. The van der Waals surface area contributed by atoms with Crippen molar-refractivity contribution in [3.8, 4) is 11.3 Å². The largest absolute Gasteiger partial charge is 0.271 e. The molecule has 0 radical (unpaired) electrons. The topological polar surface area (TPSA) is 52.0 Å². The smallest absolute Gasteiger partial charge is 0.149 e. The van der Waals surface area contributed by atoms with Crippen molar-refractivity contribution >= 4 is 9.84 Å². The van der Waals surface area contributed by atoms with Gasteiger partial charge in [-0.1, -0.05) is 0 Å². The highest BCUT2D eigenvalue weighted by molar-refractivity contribution is 7.90. The summed E-state index contributed by atoms with van der Waals surface area (Å²) in [5, 5.41) is 4.24. The first kappa shape index (κ1) is 12.8. The number of hydrogen-bond donors (Lipinski definition) is 0. The Morgan fingerprint density at radius 1 is 1.22 bits per heavy atom. The van der Waals surface area contributed by atoms with Gasteiger partial charge < -0.3 is 0 Å². The zero-order chi connectivity index (χ0) is 13.2. The Hall–Kier alpha value is -1.69. The number of aromatic nitrogens is 2. The zero-order valence-electron chi connectivity index (χ0n) is 9.88. The van der Waals surface area contributed by atoms with E-state index >= 15 is 0 Å². The van der Waals surface area contributed by atoms with E-state index in [4.69, 9.17) is 0 Å². The molecule has 4 nitrogen and oxygen atoms in total. The number of hydrogen-bond acceptors (Lipinski definition) is 3. The molecular formula is C12H13FN2O2S. The van der Waals surface area contributed by atoms with Gasteiger partial charge in [0.2, 0.25) is 0 Å². The monoisotopic (exact) mass is 268 g/mol. The van der Waals surface area contributed by atoms with Gasteiger partial charge in [0.1, 0.15) is 15.7 Å². The van der Waals surface area contributed by atoms with Crippen molar-refractivity contribution < 1.29 is 12.8 Å². The lowest BCUT2D eigenvalue weighted by atomic mass is 10.1. The lowest BCUT2D eigenvalue weighted by molar-refractivity contribution is 0.586. The third kappa shape index (κ3) is 3.40. The van der Waals surface area contributed by atoms with Gasteiger partial charge in [0, 0.05) is 18.0 Å². The molecule has 0 fully saturated rings. The van der Waals surface area contributed by atoms with Crippen LogP contribution in [0, 0.1) is 5.82 Å². The van der Waals surface area contributed by atoms with Crippen LogP contribution in [-0.2, 0) is 16.4 Å². The van der Waals surface area contributed by atoms with Gasteiger partial charge in [-0.15, -0.1) is 0 Å². The molecule has 2 aromatic rings. The SMILES string of the molecule is CS(=O)(=O)CCn1ccc(-c2ccc(F)cc2)n1. The Bertz CT molecular complexity index is 632. The van der Waals surface area contributed by atoms with Crippen LogP contribution in [0.2, 0.25) is 0 Å². The van der Waals surface area contributed by atoms with Crippen LogP contribution in [0.5, 0.6) is 0 Å². The predicted molar refractivity (Wildman–Crippen MR) is 67.3 cm³/mol. The summed E-state index contributed by atoms with van der Waals surface area (Å²) >= 11 is 0. The second kappa shape index (κ2) is 4.89. The van der Waals surface area contributed by atoms with Crippen molar-refractivity contribution in [2.45, 2.75) is 6.54 Å². The van der Waals surface area contributed by atoms with Crippen LogP contribution in [0.15, 0.2) is 36.5 Å². The summed E-state index contributed by atoms with van der Waals surface area (Å²) < 4.78 is 36.4. The van der Waals surface area contributed by atoms with Crippen molar-refractivity contribution in [3.05, 3.63) is 42.3 Å². The number of halogens is 1. The van der Waals surface area contributed by atoms with E-state index in [0.717, 1.165) is 5.56 Å². The Morgan fingerprint density at radius 2 is 1.89 bits per heavy atom. The quantitative estimate of drug-likeness (QED) is 0.848. The number of aryl methyl sites for hydroxylation is 1. The van der Waals surface area contributed by atoms with Crippen molar-refractivity contribution in [2.75, 3.05) is 12.0 Å². The fourth-order valence-corrected chi connectivity index (χ4v) is 2.04. The van der Waals surface area contributed by atoms with Gasteiger partial charge in [0.25, 0.3) is 0 Å². The molecule has 2 rings (SSSR count). The van der Waals surface area contributed by atoms with E-state index in [1.54, 1.807) is 29.1 Å². The number of rotatable bonds is 4. The van der Waals surface area contributed by atoms with E-state index in [0.29, 0.717) is 12.2 Å². The van der Waals surface area contributed by atoms with E-state index in [1.807, 2.05) is 0 Å². The maximum atomic E-state index is 12.8. The highest BCUT2D eigenvalue weighted by Crippen LogP contribution is 2.16. The molecule has 0 aliphatic rings. The molecule has 1 heterocycles. The lowest BCUT2D eigenvalue weighted by Crippen LogP contribution is -2.11. The molecule has 6 heteroatoms. The molecule has 0 unspecified atom stereocenters. The van der Waals surface area contributed by atoms with Crippen molar-refractivity contribution in [2.24, 2.45) is 0 Å². The van der Waals surface area contributed by atoms with Crippen LogP contribution < -0.4 is 0 Å². The Morgan fingerprint density at radius 3 is 2.50 bits per heavy atom. The standard InChI is InChI=1S/C12H13FN2O2S/c1-18(16,17)9-8-15-7-6-12(14-15)10-2-4-11(13)5-3-10/h2-7H,8-9H2,1H3. The average molecular weight is 268 g/mol. The molecule has 0 saturated heterocycles. The molecule has 0 saturated carbocycles. The van der Waals surface area contributed by atoms with Crippen molar-refractivity contribution in [3.63, 3.8) is 0 Å². The fourth-order valence-electron chi connectivity index (χ4n) is 1.52. The first-order valence-electron chi connectivity index (χ1n) is 5.41. The van der Waals surface area contributed by atoms with Gasteiger partial charge in [-0.05, 0) is 30.3 Å². The minimum absolute atomic E-state index is 0.0531. The Balaban J connectivity index is 2.13. The molecule has 1 aromatic carbocycles. The summed E-state index contributed by atoms with van der Waals surface area (Å²) in [7, 11) is -2.99. The van der Waals surface area contributed by atoms with Gasteiger partial charge >= 0.3 is 0 Å². The molecule has 0 atom stereocenters. The summed E-state index contributed by atoms with van der Waals surface area (Å²) in [5.41, 5.74) is 1.50. The molecule has 0 N–H and O–H groups in total. The van der Waals surface area contributed by atoms with Crippen LogP contribution in [-0.4, -0.2) is 30.2 Å². The van der Waals surface area contributed by atoms with Gasteiger partial charge in [-0.25, -0.2) is 12.8 Å². The number of benzene rings is 1. The third-order valence-electron chi connectivity index (χ3n) is 2.47. The molecule has 0 bridgehead atoms. The average Bonchev–Trinajstić information content (AvgIpc) is 2.75. The fraction of sp³-hybridized carbons (Fsp3) is 0.250. The van der Waals surface area contributed by atoms with E-state index in [-0.39, 0.29) is 11.6 Å². The van der Waals surface area contributed by atoms with Gasteiger partial charge in [0.05, 0.1) is 18.0 Å². The van der Waals surface area contributed by atoms with Crippen LogP contribution >= 0.6 is 0 Å². The van der Waals surface area contributed by atoms with Crippen LogP contribution in [0.3, 0.4) is 0 Å². The molecule has 0 aliphatic heterocycles. The number of sulfone groups is 1. The normalized spacial score (nSPS) is 11.7. The van der Waals surface area contributed by atoms with Crippen LogP contribution in [0.25, 0.3) is 11.3 Å². The van der Waals surface area contributed by atoms with E-state index in [9.17, 15) is 12.8 Å². The minimum atomic E-state index is -2.99. The van der Waals surface area contributed by atoms with E-state index in [2.05, 4.69) is 5.10 Å². The summed E-state index contributed by atoms with van der Waals surface area (Å²) in [6.07, 6.45) is 2.90. The maximum Gasteiger partial charge on any atom is 0.149 e. The molecule has 96 valence electrons. The zero-order valence-corrected chi connectivity index (χ0v) is 10.7. The van der Waals surface area contributed by atoms with Gasteiger partial charge in [0.15, 0.2) is 0 Å². The third-order valence-corrected chi connectivity index (χ3v) is 3.40.